The summed E-state index contributed by atoms with van der Waals surface area (Å²) in [6, 6.07) is 17.7. The summed E-state index contributed by atoms with van der Waals surface area (Å²) >= 11 is 0. The smallest absolute Gasteiger partial charge is 0.262 e. The minimum atomic E-state index is -0.306. The number of nitrogens with zero attached hydrogens (tertiary/aromatic N) is 2. The number of rotatable bonds is 8. The number of carbonyl (C=O) groups is 1. The van der Waals surface area contributed by atoms with Gasteiger partial charge in [0, 0.05) is 28.7 Å². The van der Waals surface area contributed by atoms with E-state index >= 15 is 0 Å². The Kier molecular flexibility index (Phi) is 5.71. The monoisotopic (exact) mass is 401 g/mol. The van der Waals surface area contributed by atoms with Crippen molar-refractivity contribution < 1.29 is 14.3 Å². The van der Waals surface area contributed by atoms with Gasteiger partial charge in [-0.1, -0.05) is 18.2 Å². The van der Waals surface area contributed by atoms with Crippen LogP contribution in [0.4, 0.5) is 0 Å². The van der Waals surface area contributed by atoms with E-state index in [2.05, 4.69) is 9.88 Å². The van der Waals surface area contributed by atoms with Crippen LogP contribution in [0.25, 0.3) is 17.0 Å². The number of hydrogen-bond donors (Lipinski definition) is 1. The van der Waals surface area contributed by atoms with Gasteiger partial charge in [0.25, 0.3) is 5.91 Å². The molecule has 1 N–H and O–H groups in total. The van der Waals surface area contributed by atoms with E-state index < -0.39 is 0 Å². The molecule has 0 bridgehead atoms. The molecule has 1 aliphatic rings. The number of fused-ring (bicyclic) bond motifs is 1. The Morgan fingerprint density at radius 2 is 1.93 bits per heavy atom. The van der Waals surface area contributed by atoms with Crippen LogP contribution in [0.2, 0.25) is 0 Å². The zero-order valence-electron chi connectivity index (χ0n) is 16.8. The third kappa shape index (κ3) is 4.47. The molecule has 1 aliphatic carbocycles. The third-order valence-corrected chi connectivity index (χ3v) is 5.06. The van der Waals surface area contributed by atoms with Crippen LogP contribution in [0, 0.1) is 11.3 Å². The number of para-hydroxylation sites is 1. The lowest BCUT2D eigenvalue weighted by Crippen LogP contribution is -2.26. The average Bonchev–Trinajstić information content (AvgIpc) is 3.53. The minimum absolute atomic E-state index is 0.124. The van der Waals surface area contributed by atoms with E-state index in [0.29, 0.717) is 13.2 Å². The number of ether oxygens (including phenoxy) is 2. The molecule has 3 aromatic rings. The Balaban J connectivity index is 1.51. The van der Waals surface area contributed by atoms with Crippen molar-refractivity contribution in [2.24, 2.45) is 0 Å². The highest BCUT2D eigenvalue weighted by molar-refractivity contribution is 6.04. The van der Waals surface area contributed by atoms with Gasteiger partial charge in [0.05, 0.1) is 13.7 Å². The van der Waals surface area contributed by atoms with Crippen molar-refractivity contribution in [1.29, 1.82) is 5.26 Å². The van der Waals surface area contributed by atoms with Gasteiger partial charge >= 0.3 is 0 Å². The molecule has 2 aromatic carbocycles. The fourth-order valence-corrected chi connectivity index (χ4v) is 3.30. The second-order valence-corrected chi connectivity index (χ2v) is 7.24. The lowest BCUT2D eigenvalue weighted by Gasteiger charge is -2.09. The summed E-state index contributed by atoms with van der Waals surface area (Å²) in [6.45, 7) is 1.12. The van der Waals surface area contributed by atoms with E-state index in [-0.39, 0.29) is 17.5 Å². The van der Waals surface area contributed by atoms with Crippen LogP contribution in [-0.2, 0) is 11.3 Å². The molecule has 0 aliphatic heterocycles. The van der Waals surface area contributed by atoms with Crippen LogP contribution in [0.1, 0.15) is 18.4 Å². The summed E-state index contributed by atoms with van der Waals surface area (Å²) in [7, 11) is 1.63. The number of benzene rings is 2. The van der Waals surface area contributed by atoms with Crippen LogP contribution >= 0.6 is 0 Å². The van der Waals surface area contributed by atoms with Gasteiger partial charge < -0.3 is 19.4 Å². The Labute approximate surface area is 175 Å². The first-order chi connectivity index (χ1) is 14.7. The second kappa shape index (κ2) is 8.75. The molecule has 0 atom stereocenters. The lowest BCUT2D eigenvalue weighted by atomic mass is 10.1. The molecule has 1 aromatic heterocycles. The number of amides is 1. The Morgan fingerprint density at radius 3 is 2.63 bits per heavy atom. The van der Waals surface area contributed by atoms with Gasteiger partial charge in [0.2, 0.25) is 0 Å². The highest BCUT2D eigenvalue weighted by atomic mass is 16.5. The molecule has 0 radical (unpaired) electrons. The normalized spacial score (nSPS) is 13.7. The van der Waals surface area contributed by atoms with Crippen LogP contribution < -0.4 is 14.8 Å². The molecule has 1 heterocycles. The molecule has 1 amide bonds. The highest BCUT2D eigenvalue weighted by Crippen LogP contribution is 2.25. The summed E-state index contributed by atoms with van der Waals surface area (Å²) in [5.74, 6) is 1.25. The van der Waals surface area contributed by atoms with E-state index in [4.69, 9.17) is 9.47 Å². The van der Waals surface area contributed by atoms with Gasteiger partial charge in [-0.2, -0.15) is 5.26 Å². The predicted octanol–water partition coefficient (Wildman–Crippen LogP) is 3.91. The summed E-state index contributed by atoms with van der Waals surface area (Å²) in [5, 5.41) is 13.3. The first-order valence-electron chi connectivity index (χ1n) is 9.95. The summed E-state index contributed by atoms with van der Waals surface area (Å²) in [6.07, 6.45) is 5.60. The van der Waals surface area contributed by atoms with E-state index in [1.54, 1.807) is 13.2 Å². The van der Waals surface area contributed by atoms with Crippen molar-refractivity contribution in [2.45, 2.75) is 25.4 Å². The molecule has 30 heavy (non-hydrogen) atoms. The molecule has 4 rings (SSSR count). The van der Waals surface area contributed by atoms with Gasteiger partial charge in [0.1, 0.15) is 29.7 Å². The largest absolute Gasteiger partial charge is 0.497 e. The van der Waals surface area contributed by atoms with Gasteiger partial charge in [-0.15, -0.1) is 0 Å². The van der Waals surface area contributed by atoms with Crippen LogP contribution in [0.3, 0.4) is 0 Å². The molecule has 6 nitrogen and oxygen atoms in total. The SMILES string of the molecule is COc1ccc(OCCn2cc(/C=C(\C#N)C(=O)NC3CC3)c3ccccc32)cc1. The number of nitrogens with one attached hydrogen (secondary N) is 1. The maximum atomic E-state index is 12.3. The summed E-state index contributed by atoms with van der Waals surface area (Å²) in [4.78, 5) is 12.3. The Bertz CT molecular complexity index is 1120. The Morgan fingerprint density at radius 1 is 1.20 bits per heavy atom. The summed E-state index contributed by atoms with van der Waals surface area (Å²) in [5.41, 5.74) is 2.00. The van der Waals surface area contributed by atoms with Crippen molar-refractivity contribution in [2.75, 3.05) is 13.7 Å². The van der Waals surface area contributed by atoms with Gasteiger partial charge in [-0.25, -0.2) is 0 Å². The standard InChI is InChI=1S/C24H23N3O3/c1-29-20-8-10-21(11-9-20)30-13-12-27-16-18(22-4-2-3-5-23(22)27)14-17(15-25)24(28)26-19-6-7-19/h2-5,8-11,14,16,19H,6-7,12-13H2,1H3,(H,26,28)/b17-14+. The van der Waals surface area contributed by atoms with Crippen molar-refractivity contribution in [3.05, 3.63) is 65.9 Å². The minimum Gasteiger partial charge on any atom is -0.497 e. The number of carbonyl (C=O) groups excluding carboxylic acids is 1. The zero-order chi connectivity index (χ0) is 20.9. The van der Waals surface area contributed by atoms with Gasteiger partial charge in [0.15, 0.2) is 0 Å². The fraction of sp³-hybridized carbons (Fsp3) is 0.250. The number of aromatic nitrogens is 1. The zero-order valence-corrected chi connectivity index (χ0v) is 16.8. The molecular formula is C24H23N3O3. The van der Waals surface area contributed by atoms with Crippen LogP contribution in [-0.4, -0.2) is 30.2 Å². The number of nitriles is 1. The third-order valence-electron chi connectivity index (χ3n) is 5.06. The fourth-order valence-electron chi connectivity index (χ4n) is 3.30. The average molecular weight is 401 g/mol. The molecule has 0 spiro atoms. The molecular weight excluding hydrogens is 378 g/mol. The van der Waals surface area contributed by atoms with Gasteiger partial charge in [-0.05, 0) is 49.2 Å². The van der Waals surface area contributed by atoms with Crippen molar-refractivity contribution in [3.63, 3.8) is 0 Å². The topological polar surface area (TPSA) is 76.3 Å². The quantitative estimate of drug-likeness (QED) is 0.459. The van der Waals surface area contributed by atoms with E-state index in [0.717, 1.165) is 40.8 Å². The highest BCUT2D eigenvalue weighted by Gasteiger charge is 2.24. The maximum Gasteiger partial charge on any atom is 0.262 e. The maximum absolute atomic E-state index is 12.3. The molecule has 1 saturated carbocycles. The van der Waals surface area contributed by atoms with E-state index in [1.807, 2.05) is 60.8 Å². The second-order valence-electron chi connectivity index (χ2n) is 7.24. The van der Waals surface area contributed by atoms with Crippen molar-refractivity contribution >= 4 is 22.9 Å². The molecule has 6 heteroatoms. The van der Waals surface area contributed by atoms with E-state index in [1.165, 1.54) is 0 Å². The molecule has 152 valence electrons. The lowest BCUT2D eigenvalue weighted by molar-refractivity contribution is -0.117. The molecule has 1 fully saturated rings. The van der Waals surface area contributed by atoms with Crippen LogP contribution in [0.15, 0.2) is 60.3 Å². The van der Waals surface area contributed by atoms with E-state index in [9.17, 15) is 10.1 Å². The van der Waals surface area contributed by atoms with Gasteiger partial charge in [-0.3, -0.25) is 4.79 Å². The molecule has 0 saturated heterocycles. The van der Waals surface area contributed by atoms with Crippen LogP contribution in [0.5, 0.6) is 11.5 Å². The molecule has 0 unspecified atom stereocenters. The van der Waals surface area contributed by atoms with Crippen molar-refractivity contribution in [3.8, 4) is 17.6 Å². The first-order valence-corrected chi connectivity index (χ1v) is 9.95. The first kappa shape index (κ1) is 19.6. The Hall–Kier alpha value is -3.72. The number of hydrogen-bond acceptors (Lipinski definition) is 4. The predicted molar refractivity (Wildman–Crippen MR) is 115 cm³/mol. The summed E-state index contributed by atoms with van der Waals surface area (Å²) < 4.78 is 13.1. The number of methoxy groups -OCH3 is 1. The van der Waals surface area contributed by atoms with Crippen molar-refractivity contribution in [1.82, 2.24) is 9.88 Å².